The van der Waals surface area contributed by atoms with Gasteiger partial charge in [0.15, 0.2) is 11.9 Å². The summed E-state index contributed by atoms with van der Waals surface area (Å²) in [5, 5.41) is 11.0. The normalized spacial score (nSPS) is 26.9. The zero-order chi connectivity index (χ0) is 22.1. The molecule has 7 nitrogen and oxygen atoms in total. The molecule has 0 saturated heterocycles. The Hall–Kier alpha value is -1.84. The van der Waals surface area contributed by atoms with Crippen LogP contribution in [-0.2, 0) is 23.9 Å². The summed E-state index contributed by atoms with van der Waals surface area (Å²) < 4.78 is 11.2. The van der Waals surface area contributed by atoms with E-state index in [1.165, 1.54) is 32.9 Å². The second kappa shape index (κ2) is 8.89. The summed E-state index contributed by atoms with van der Waals surface area (Å²) in [4.78, 5) is 50.2. The average molecular weight is 532 g/mol. The minimum absolute atomic E-state index is 0.0682. The van der Waals surface area contributed by atoms with Crippen molar-refractivity contribution < 1.29 is 33.8 Å². The quantitative estimate of drug-likeness (QED) is 0.459. The molecule has 0 unspecified atom stereocenters. The average Bonchev–Trinajstić information content (AvgIpc) is 2.82. The van der Waals surface area contributed by atoms with E-state index in [0.29, 0.717) is 4.47 Å². The van der Waals surface area contributed by atoms with Gasteiger partial charge in [0.1, 0.15) is 11.4 Å². The van der Waals surface area contributed by atoms with E-state index in [1.807, 2.05) is 0 Å². The summed E-state index contributed by atoms with van der Waals surface area (Å²) in [5.41, 5.74) is -1.94. The number of ether oxygens (including phenoxy) is 2. The van der Waals surface area contributed by atoms with Crippen LogP contribution in [0.4, 0.5) is 0 Å². The number of carbonyl (C=O) groups is 4. The SMILES string of the molecule is C/C=C(/C(=O)OC)[C@H]1C(=O)[C@H](OC(=O)c2ccc(Br)cc2Br)[C@](C)(O)[C@H]1C(C)=O. The number of benzene rings is 1. The van der Waals surface area contributed by atoms with Crippen LogP contribution in [0.1, 0.15) is 31.1 Å². The summed E-state index contributed by atoms with van der Waals surface area (Å²) in [5.74, 6) is -5.46. The Kier molecular flexibility index (Phi) is 7.19. The highest BCUT2D eigenvalue weighted by molar-refractivity contribution is 9.11. The molecule has 4 atom stereocenters. The van der Waals surface area contributed by atoms with Gasteiger partial charge in [-0.1, -0.05) is 22.0 Å². The van der Waals surface area contributed by atoms with Gasteiger partial charge in [-0.25, -0.2) is 9.59 Å². The number of carbonyl (C=O) groups excluding carboxylic acids is 4. The van der Waals surface area contributed by atoms with Gasteiger partial charge in [0, 0.05) is 14.5 Å². The standard InChI is InChI=1S/C20H20Br2O7/c1-5-11(18(25)28-4)14-15(9(2)23)20(3,27)17(16(14)24)29-19(26)12-7-6-10(21)8-13(12)22/h5-8,14-15,17,27H,1-4H3/b11-5+/t14-,15+,17+,20-/m1/s1. The van der Waals surface area contributed by atoms with Crippen molar-refractivity contribution >= 4 is 55.4 Å². The Morgan fingerprint density at radius 2 is 1.86 bits per heavy atom. The molecule has 0 aromatic heterocycles. The van der Waals surface area contributed by atoms with Gasteiger partial charge in [0.25, 0.3) is 0 Å². The number of hydrogen-bond acceptors (Lipinski definition) is 7. The summed E-state index contributed by atoms with van der Waals surface area (Å²) >= 11 is 6.52. The molecular weight excluding hydrogens is 512 g/mol. The molecule has 0 spiro atoms. The Bertz CT molecular complexity index is 904. The molecule has 9 heteroatoms. The molecule has 29 heavy (non-hydrogen) atoms. The number of halogens is 2. The molecule has 1 N–H and O–H groups in total. The Balaban J connectivity index is 2.47. The highest BCUT2D eigenvalue weighted by Gasteiger charge is 2.62. The molecule has 1 fully saturated rings. The van der Waals surface area contributed by atoms with Gasteiger partial charge in [-0.05, 0) is 54.9 Å². The largest absolute Gasteiger partial charge is 0.466 e. The van der Waals surface area contributed by atoms with Crippen LogP contribution in [0.2, 0.25) is 0 Å². The molecule has 0 bridgehead atoms. The first-order chi connectivity index (χ1) is 13.5. The number of Topliss-reactive ketones (excluding diaryl/α,β-unsaturated/α-hetero) is 2. The van der Waals surface area contributed by atoms with Crippen molar-refractivity contribution in [3.63, 3.8) is 0 Å². The fourth-order valence-corrected chi connectivity index (χ4v) is 4.85. The van der Waals surface area contributed by atoms with Crippen LogP contribution >= 0.6 is 31.9 Å². The minimum Gasteiger partial charge on any atom is -0.466 e. The minimum atomic E-state index is -2.01. The van der Waals surface area contributed by atoms with Gasteiger partial charge >= 0.3 is 11.9 Å². The van der Waals surface area contributed by atoms with Gasteiger partial charge in [0.05, 0.1) is 24.5 Å². The molecule has 1 aliphatic rings. The van der Waals surface area contributed by atoms with Crippen LogP contribution in [0.3, 0.4) is 0 Å². The van der Waals surface area contributed by atoms with E-state index >= 15 is 0 Å². The highest BCUT2D eigenvalue weighted by atomic mass is 79.9. The number of aliphatic hydroxyl groups is 1. The van der Waals surface area contributed by atoms with Gasteiger partial charge in [-0.3, -0.25) is 9.59 Å². The van der Waals surface area contributed by atoms with Crippen molar-refractivity contribution in [2.24, 2.45) is 11.8 Å². The molecule has 156 valence electrons. The van der Waals surface area contributed by atoms with E-state index in [2.05, 4.69) is 31.9 Å². The molecule has 0 amide bonds. The Morgan fingerprint density at radius 3 is 2.34 bits per heavy atom. The molecule has 0 heterocycles. The van der Waals surface area contributed by atoms with Crippen molar-refractivity contribution in [1.82, 2.24) is 0 Å². The summed E-state index contributed by atoms with van der Waals surface area (Å²) in [7, 11) is 1.15. The number of allylic oxidation sites excluding steroid dienone is 1. The molecule has 1 saturated carbocycles. The Labute approximate surface area is 184 Å². The first-order valence-electron chi connectivity index (χ1n) is 8.64. The number of rotatable bonds is 5. The van der Waals surface area contributed by atoms with Crippen LogP contribution < -0.4 is 0 Å². The topological polar surface area (TPSA) is 107 Å². The molecule has 2 rings (SSSR count). The predicted molar refractivity (Wildman–Crippen MR) is 110 cm³/mol. The van der Waals surface area contributed by atoms with Crippen LogP contribution in [-0.4, -0.2) is 47.4 Å². The van der Waals surface area contributed by atoms with E-state index in [1.54, 1.807) is 12.1 Å². The number of hydrogen-bond donors (Lipinski definition) is 1. The van der Waals surface area contributed by atoms with Gasteiger partial charge in [-0.15, -0.1) is 0 Å². The van der Waals surface area contributed by atoms with Crippen molar-refractivity contribution in [2.75, 3.05) is 7.11 Å². The molecule has 1 aromatic carbocycles. The van der Waals surface area contributed by atoms with Crippen LogP contribution in [0.5, 0.6) is 0 Å². The lowest BCUT2D eigenvalue weighted by Gasteiger charge is -2.29. The molecule has 1 aromatic rings. The second-order valence-electron chi connectivity index (χ2n) is 6.84. The number of ketones is 2. The fraction of sp³-hybridized carbons (Fsp3) is 0.400. The smallest absolute Gasteiger partial charge is 0.340 e. The van der Waals surface area contributed by atoms with E-state index in [0.717, 1.165) is 11.6 Å². The maximum Gasteiger partial charge on any atom is 0.340 e. The van der Waals surface area contributed by atoms with Gasteiger partial charge in [-0.2, -0.15) is 0 Å². The van der Waals surface area contributed by atoms with Crippen LogP contribution in [0, 0.1) is 11.8 Å². The number of esters is 2. The third-order valence-electron chi connectivity index (χ3n) is 4.94. The summed E-state index contributed by atoms with van der Waals surface area (Å²) in [6.07, 6.45) is -0.278. The lowest BCUT2D eigenvalue weighted by molar-refractivity contribution is -0.139. The van der Waals surface area contributed by atoms with E-state index < -0.39 is 47.0 Å². The molecular formula is C20H20Br2O7. The van der Waals surface area contributed by atoms with E-state index in [-0.39, 0.29) is 11.1 Å². The summed E-state index contributed by atoms with van der Waals surface area (Å²) in [6, 6.07) is 4.73. The zero-order valence-electron chi connectivity index (χ0n) is 16.2. The Morgan fingerprint density at radius 1 is 1.24 bits per heavy atom. The van der Waals surface area contributed by atoms with Gasteiger partial charge in [0.2, 0.25) is 0 Å². The fourth-order valence-electron chi connectivity index (χ4n) is 3.64. The van der Waals surface area contributed by atoms with Crippen LogP contribution in [0.15, 0.2) is 38.8 Å². The second-order valence-corrected chi connectivity index (χ2v) is 8.61. The third kappa shape index (κ3) is 4.36. The highest BCUT2D eigenvalue weighted by Crippen LogP contribution is 2.44. The lowest BCUT2D eigenvalue weighted by Crippen LogP contribution is -2.46. The molecule has 0 radical (unpaired) electrons. The predicted octanol–water partition coefficient (Wildman–Crippen LogP) is 3.01. The molecule has 1 aliphatic carbocycles. The van der Waals surface area contributed by atoms with Crippen molar-refractivity contribution in [2.45, 2.75) is 32.5 Å². The van der Waals surface area contributed by atoms with Crippen LogP contribution in [0.25, 0.3) is 0 Å². The first kappa shape index (κ1) is 23.4. The van der Waals surface area contributed by atoms with Crippen molar-refractivity contribution in [3.05, 3.63) is 44.4 Å². The van der Waals surface area contributed by atoms with Crippen molar-refractivity contribution in [3.8, 4) is 0 Å². The summed E-state index contributed by atoms with van der Waals surface area (Å²) in [6.45, 7) is 3.97. The zero-order valence-corrected chi connectivity index (χ0v) is 19.4. The van der Waals surface area contributed by atoms with Crippen molar-refractivity contribution in [1.29, 1.82) is 0 Å². The number of methoxy groups -OCH3 is 1. The third-order valence-corrected chi connectivity index (χ3v) is 6.09. The monoisotopic (exact) mass is 530 g/mol. The van der Waals surface area contributed by atoms with E-state index in [4.69, 9.17) is 9.47 Å². The molecule has 0 aliphatic heterocycles. The first-order valence-corrected chi connectivity index (χ1v) is 10.2. The maximum atomic E-state index is 13.1. The van der Waals surface area contributed by atoms with E-state index in [9.17, 15) is 24.3 Å². The maximum absolute atomic E-state index is 13.1. The lowest BCUT2D eigenvalue weighted by atomic mass is 9.80. The van der Waals surface area contributed by atoms with Gasteiger partial charge < -0.3 is 14.6 Å².